The SMILES string of the molecule is O=C(Nn1c(-c2ccc(Cl)cc2)nc2ccccc2c1=O)c1cccc(Cl)c1. The van der Waals surface area contributed by atoms with Gasteiger partial charge >= 0.3 is 0 Å². The van der Waals surface area contributed by atoms with E-state index in [1.165, 1.54) is 6.07 Å². The quantitative estimate of drug-likeness (QED) is 0.530. The summed E-state index contributed by atoms with van der Waals surface area (Å²) in [5.74, 6) is -0.173. The second-order valence-electron chi connectivity index (χ2n) is 6.05. The van der Waals surface area contributed by atoms with E-state index >= 15 is 0 Å². The van der Waals surface area contributed by atoms with Crippen molar-refractivity contribution >= 4 is 40.0 Å². The van der Waals surface area contributed by atoms with E-state index in [1.54, 1.807) is 66.7 Å². The van der Waals surface area contributed by atoms with Gasteiger partial charge in [0.25, 0.3) is 11.5 Å². The Morgan fingerprint density at radius 3 is 2.39 bits per heavy atom. The Bertz CT molecular complexity index is 1250. The molecule has 0 atom stereocenters. The number of hydrogen-bond acceptors (Lipinski definition) is 3. The lowest BCUT2D eigenvalue weighted by Gasteiger charge is -2.15. The van der Waals surface area contributed by atoms with Crippen molar-refractivity contribution in [2.75, 3.05) is 5.43 Å². The van der Waals surface area contributed by atoms with Crippen LogP contribution < -0.4 is 11.0 Å². The highest BCUT2D eigenvalue weighted by Crippen LogP contribution is 2.21. The van der Waals surface area contributed by atoms with Gasteiger partial charge in [0.05, 0.1) is 10.9 Å². The number of aromatic nitrogens is 2. The van der Waals surface area contributed by atoms with E-state index in [-0.39, 0.29) is 5.56 Å². The molecule has 3 aromatic carbocycles. The van der Waals surface area contributed by atoms with Crippen LogP contribution in [0, 0.1) is 0 Å². The maximum atomic E-state index is 13.1. The molecule has 0 unspecified atom stereocenters. The number of rotatable bonds is 3. The number of carbonyl (C=O) groups excluding carboxylic acids is 1. The van der Waals surface area contributed by atoms with E-state index in [1.807, 2.05) is 0 Å². The summed E-state index contributed by atoms with van der Waals surface area (Å²) >= 11 is 11.9. The Morgan fingerprint density at radius 1 is 0.893 bits per heavy atom. The molecular weight excluding hydrogens is 397 g/mol. The number of hydrogen-bond donors (Lipinski definition) is 1. The summed E-state index contributed by atoms with van der Waals surface area (Å²) in [5.41, 5.74) is 3.75. The zero-order valence-electron chi connectivity index (χ0n) is 14.4. The standard InChI is InChI=1S/C21H13Cl2N3O2/c22-15-10-8-13(9-11-15)19-24-18-7-2-1-6-17(18)21(28)26(19)25-20(27)14-4-3-5-16(23)12-14/h1-12H,(H,25,27). The fraction of sp³-hybridized carbons (Fsp3) is 0. The van der Waals surface area contributed by atoms with E-state index in [4.69, 9.17) is 23.2 Å². The van der Waals surface area contributed by atoms with Gasteiger partial charge in [-0.15, -0.1) is 0 Å². The summed E-state index contributed by atoms with van der Waals surface area (Å²) in [6.45, 7) is 0. The van der Waals surface area contributed by atoms with Crippen molar-refractivity contribution in [3.63, 3.8) is 0 Å². The molecule has 0 saturated heterocycles. The second-order valence-corrected chi connectivity index (χ2v) is 6.92. The molecule has 1 amide bonds. The van der Waals surface area contributed by atoms with Crippen molar-refractivity contribution < 1.29 is 4.79 Å². The van der Waals surface area contributed by atoms with E-state index < -0.39 is 5.91 Å². The van der Waals surface area contributed by atoms with E-state index in [0.29, 0.717) is 37.9 Å². The number of fused-ring (bicyclic) bond motifs is 1. The Hall–Kier alpha value is -3.15. The summed E-state index contributed by atoms with van der Waals surface area (Å²) in [6, 6.07) is 20.3. The van der Waals surface area contributed by atoms with Crippen LogP contribution in [0.25, 0.3) is 22.3 Å². The van der Waals surface area contributed by atoms with Gasteiger partial charge in [-0.3, -0.25) is 15.0 Å². The molecule has 0 aliphatic carbocycles. The van der Waals surface area contributed by atoms with Gasteiger partial charge in [0.15, 0.2) is 5.82 Å². The van der Waals surface area contributed by atoms with Gasteiger partial charge in [0.2, 0.25) is 0 Å². The summed E-state index contributed by atoms with van der Waals surface area (Å²) in [7, 11) is 0. The molecule has 138 valence electrons. The zero-order valence-corrected chi connectivity index (χ0v) is 15.9. The monoisotopic (exact) mass is 409 g/mol. The fourth-order valence-electron chi connectivity index (χ4n) is 2.82. The Balaban J connectivity index is 1.89. The highest BCUT2D eigenvalue weighted by Gasteiger charge is 2.16. The van der Waals surface area contributed by atoms with Gasteiger partial charge < -0.3 is 0 Å². The van der Waals surface area contributed by atoms with Crippen LogP contribution in [0.2, 0.25) is 10.0 Å². The topological polar surface area (TPSA) is 64.0 Å². The number of nitrogens with zero attached hydrogens (tertiary/aromatic N) is 2. The lowest BCUT2D eigenvalue weighted by Crippen LogP contribution is -2.35. The third-order valence-corrected chi connectivity index (χ3v) is 4.67. The van der Waals surface area contributed by atoms with E-state index in [2.05, 4.69) is 10.4 Å². The molecule has 28 heavy (non-hydrogen) atoms. The molecular formula is C21H13Cl2N3O2. The summed E-state index contributed by atoms with van der Waals surface area (Å²) < 4.78 is 1.15. The molecule has 1 N–H and O–H groups in total. The van der Waals surface area contributed by atoms with Crippen molar-refractivity contribution in [3.05, 3.63) is 98.8 Å². The van der Waals surface area contributed by atoms with Gasteiger partial charge in [-0.25, -0.2) is 4.98 Å². The van der Waals surface area contributed by atoms with E-state index in [0.717, 1.165) is 4.68 Å². The van der Waals surface area contributed by atoms with Gasteiger partial charge in [0, 0.05) is 21.2 Å². The van der Waals surface area contributed by atoms with Crippen molar-refractivity contribution in [1.82, 2.24) is 9.66 Å². The molecule has 0 fully saturated rings. The minimum absolute atomic E-state index is 0.302. The lowest BCUT2D eigenvalue weighted by molar-refractivity contribution is 0.101. The normalized spacial score (nSPS) is 10.8. The zero-order chi connectivity index (χ0) is 19.7. The molecule has 4 rings (SSSR count). The van der Waals surface area contributed by atoms with Gasteiger partial charge in [-0.2, -0.15) is 4.68 Å². The fourth-order valence-corrected chi connectivity index (χ4v) is 3.14. The molecule has 1 heterocycles. The van der Waals surface area contributed by atoms with Crippen LogP contribution >= 0.6 is 23.2 Å². The number of carbonyl (C=O) groups is 1. The van der Waals surface area contributed by atoms with Crippen LogP contribution in [-0.4, -0.2) is 15.6 Å². The maximum absolute atomic E-state index is 13.1. The first-order chi connectivity index (χ1) is 13.5. The molecule has 0 bridgehead atoms. The third kappa shape index (κ3) is 3.50. The van der Waals surface area contributed by atoms with Crippen molar-refractivity contribution in [1.29, 1.82) is 0 Å². The highest BCUT2D eigenvalue weighted by molar-refractivity contribution is 6.31. The Kier molecular flexibility index (Phi) is 4.86. The van der Waals surface area contributed by atoms with Crippen LogP contribution in [0.4, 0.5) is 0 Å². The summed E-state index contributed by atoms with van der Waals surface area (Å²) in [4.78, 5) is 30.4. The molecule has 0 aliphatic rings. The molecule has 1 aromatic heterocycles. The van der Waals surface area contributed by atoms with Gasteiger partial charge in [-0.05, 0) is 54.6 Å². The molecule has 0 aliphatic heterocycles. The smallest absolute Gasteiger partial charge is 0.267 e. The average molecular weight is 410 g/mol. The van der Waals surface area contributed by atoms with Crippen molar-refractivity contribution in [3.8, 4) is 11.4 Å². The largest absolute Gasteiger partial charge is 0.280 e. The first-order valence-electron chi connectivity index (χ1n) is 8.37. The van der Waals surface area contributed by atoms with E-state index in [9.17, 15) is 9.59 Å². The predicted octanol–water partition coefficient (Wildman–Crippen LogP) is 4.75. The molecule has 0 saturated carbocycles. The summed E-state index contributed by atoms with van der Waals surface area (Å²) in [6.07, 6.45) is 0. The van der Waals surface area contributed by atoms with Gasteiger partial charge in [0.1, 0.15) is 0 Å². The van der Waals surface area contributed by atoms with Crippen LogP contribution in [0.1, 0.15) is 10.4 Å². The maximum Gasteiger partial charge on any atom is 0.280 e. The molecule has 5 nitrogen and oxygen atoms in total. The Labute approximate surface area is 170 Å². The third-order valence-electron chi connectivity index (χ3n) is 4.18. The number of para-hydroxylation sites is 1. The highest BCUT2D eigenvalue weighted by atomic mass is 35.5. The van der Waals surface area contributed by atoms with Crippen LogP contribution in [0.3, 0.4) is 0 Å². The molecule has 0 spiro atoms. The Morgan fingerprint density at radius 2 is 1.64 bits per heavy atom. The van der Waals surface area contributed by atoms with Crippen LogP contribution in [0.15, 0.2) is 77.6 Å². The van der Waals surface area contributed by atoms with Crippen molar-refractivity contribution in [2.45, 2.75) is 0 Å². The number of nitrogens with one attached hydrogen (secondary N) is 1. The van der Waals surface area contributed by atoms with Gasteiger partial charge in [-0.1, -0.05) is 41.4 Å². The minimum Gasteiger partial charge on any atom is -0.267 e. The molecule has 0 radical (unpaired) electrons. The first-order valence-corrected chi connectivity index (χ1v) is 9.13. The minimum atomic E-state index is -0.475. The first kappa shape index (κ1) is 18.2. The predicted molar refractivity (Wildman–Crippen MR) is 112 cm³/mol. The molecule has 4 aromatic rings. The van der Waals surface area contributed by atoms with Crippen molar-refractivity contribution in [2.24, 2.45) is 0 Å². The summed E-state index contributed by atoms with van der Waals surface area (Å²) in [5, 5.41) is 1.38. The average Bonchev–Trinajstić information content (AvgIpc) is 2.70. The van der Waals surface area contributed by atoms with Crippen LogP contribution in [-0.2, 0) is 0 Å². The number of benzene rings is 3. The second kappa shape index (κ2) is 7.46. The van der Waals surface area contributed by atoms with Crippen LogP contribution in [0.5, 0.6) is 0 Å². The molecule has 7 heteroatoms. The number of halogens is 2. The lowest BCUT2D eigenvalue weighted by atomic mass is 10.2. The number of amides is 1.